The third kappa shape index (κ3) is 5.87. The molecular formula is C28H35N3O5. The summed E-state index contributed by atoms with van der Waals surface area (Å²) in [6, 6.07) is 15.4. The van der Waals surface area contributed by atoms with Crippen molar-refractivity contribution in [2.24, 2.45) is 11.0 Å². The van der Waals surface area contributed by atoms with Gasteiger partial charge in [0.05, 0.1) is 44.5 Å². The lowest BCUT2D eigenvalue weighted by atomic mass is 9.96. The van der Waals surface area contributed by atoms with Crippen LogP contribution in [0.3, 0.4) is 0 Å². The maximum Gasteiger partial charge on any atom is 0.309 e. The Morgan fingerprint density at radius 2 is 1.72 bits per heavy atom. The van der Waals surface area contributed by atoms with Gasteiger partial charge in [-0.15, -0.1) is 0 Å². The highest BCUT2D eigenvalue weighted by atomic mass is 16.5. The molecule has 2 aromatic rings. The van der Waals surface area contributed by atoms with Crippen molar-refractivity contribution in [2.45, 2.75) is 39.2 Å². The number of benzene rings is 2. The molecule has 2 aliphatic heterocycles. The zero-order chi connectivity index (χ0) is 25.5. The van der Waals surface area contributed by atoms with Crippen LogP contribution in [0.2, 0.25) is 0 Å². The lowest BCUT2D eigenvalue weighted by molar-refractivity contribution is -0.149. The second-order valence-corrected chi connectivity index (χ2v) is 9.01. The van der Waals surface area contributed by atoms with Crippen LogP contribution in [0.15, 0.2) is 53.6 Å². The molecular weight excluding hydrogens is 458 g/mol. The van der Waals surface area contributed by atoms with Crippen molar-refractivity contribution in [3.63, 3.8) is 0 Å². The Kier molecular flexibility index (Phi) is 8.59. The van der Waals surface area contributed by atoms with Gasteiger partial charge < -0.3 is 14.2 Å². The number of hydrazone groups is 1. The van der Waals surface area contributed by atoms with Gasteiger partial charge in [-0.05, 0) is 69.6 Å². The van der Waals surface area contributed by atoms with E-state index in [2.05, 4.69) is 4.90 Å². The lowest BCUT2D eigenvalue weighted by Gasteiger charge is -2.32. The maximum absolute atomic E-state index is 13.5. The van der Waals surface area contributed by atoms with Gasteiger partial charge >= 0.3 is 5.97 Å². The molecule has 2 aliphatic rings. The molecule has 1 saturated heterocycles. The van der Waals surface area contributed by atoms with E-state index < -0.39 is 0 Å². The molecule has 0 saturated carbocycles. The molecule has 36 heavy (non-hydrogen) atoms. The van der Waals surface area contributed by atoms with Crippen LogP contribution in [-0.4, -0.2) is 67.5 Å². The molecule has 1 amide bonds. The predicted molar refractivity (Wildman–Crippen MR) is 137 cm³/mol. The Labute approximate surface area is 212 Å². The predicted octanol–water partition coefficient (Wildman–Crippen LogP) is 4.05. The lowest BCUT2D eigenvalue weighted by Crippen LogP contribution is -2.43. The summed E-state index contributed by atoms with van der Waals surface area (Å²) in [5, 5.41) is 6.42. The molecule has 0 aromatic heterocycles. The van der Waals surface area contributed by atoms with Gasteiger partial charge in [0.2, 0.25) is 0 Å². The number of hydrogen-bond acceptors (Lipinski definition) is 7. The summed E-state index contributed by atoms with van der Waals surface area (Å²) in [5.74, 6) is 1.25. The number of hydrogen-bond donors (Lipinski definition) is 0. The molecule has 0 spiro atoms. The first-order chi connectivity index (χ1) is 17.5. The average molecular weight is 494 g/mol. The number of esters is 1. The molecule has 0 aliphatic carbocycles. The number of carbonyl (C=O) groups is 2. The summed E-state index contributed by atoms with van der Waals surface area (Å²) in [7, 11) is 1.64. The summed E-state index contributed by atoms with van der Waals surface area (Å²) in [6.45, 7) is 6.38. The minimum absolute atomic E-state index is 0.0617. The van der Waals surface area contributed by atoms with Crippen LogP contribution >= 0.6 is 0 Å². The summed E-state index contributed by atoms with van der Waals surface area (Å²) in [4.78, 5) is 27.7. The fourth-order valence-corrected chi connectivity index (χ4v) is 4.85. The van der Waals surface area contributed by atoms with Gasteiger partial charge in [-0.2, -0.15) is 5.10 Å². The second-order valence-electron chi connectivity index (χ2n) is 9.01. The number of amides is 1. The van der Waals surface area contributed by atoms with Crippen molar-refractivity contribution in [1.82, 2.24) is 9.91 Å². The first kappa shape index (κ1) is 25.7. The third-order valence-electron chi connectivity index (χ3n) is 6.73. The molecule has 2 heterocycles. The van der Waals surface area contributed by atoms with Crippen molar-refractivity contribution >= 4 is 17.6 Å². The summed E-state index contributed by atoms with van der Waals surface area (Å²) >= 11 is 0. The van der Waals surface area contributed by atoms with Gasteiger partial charge in [-0.3, -0.25) is 14.5 Å². The van der Waals surface area contributed by atoms with Gasteiger partial charge in [0.15, 0.2) is 0 Å². The highest BCUT2D eigenvalue weighted by molar-refractivity contribution is 6.05. The van der Waals surface area contributed by atoms with E-state index in [0.717, 1.165) is 28.3 Å². The summed E-state index contributed by atoms with van der Waals surface area (Å²) in [5.41, 5.74) is 2.71. The van der Waals surface area contributed by atoms with E-state index in [1.54, 1.807) is 12.1 Å². The van der Waals surface area contributed by atoms with Crippen LogP contribution in [0.25, 0.3) is 0 Å². The second kappa shape index (κ2) is 12.0. The van der Waals surface area contributed by atoms with Crippen LogP contribution in [0.4, 0.5) is 0 Å². The summed E-state index contributed by atoms with van der Waals surface area (Å²) in [6.07, 6.45) is 1.99. The number of methoxy groups -OCH3 is 1. The minimum Gasteiger partial charge on any atom is -0.496 e. The first-order valence-corrected chi connectivity index (χ1v) is 12.7. The number of likely N-dealkylation sites (tertiary alicyclic amines) is 1. The molecule has 0 radical (unpaired) electrons. The van der Waals surface area contributed by atoms with Crippen molar-refractivity contribution in [2.75, 3.05) is 40.0 Å². The monoisotopic (exact) mass is 493 g/mol. The molecule has 0 unspecified atom stereocenters. The number of nitrogens with zero attached hydrogens (tertiary/aromatic N) is 3. The SMILES string of the molecule is CCOC(=O)C1CCN(CC(=O)N2N=C(c3ccccc3OC)C[C@@H]2c2ccc(OCC)cc2)CC1. The highest BCUT2D eigenvalue weighted by Crippen LogP contribution is 2.36. The third-order valence-corrected chi connectivity index (χ3v) is 6.73. The smallest absolute Gasteiger partial charge is 0.309 e. The van der Waals surface area contributed by atoms with Gasteiger partial charge in [0.25, 0.3) is 5.91 Å². The van der Waals surface area contributed by atoms with Crippen LogP contribution in [0, 0.1) is 5.92 Å². The number of piperidine rings is 1. The van der Waals surface area contributed by atoms with Gasteiger partial charge in [-0.1, -0.05) is 24.3 Å². The average Bonchev–Trinajstić information content (AvgIpc) is 3.35. The molecule has 192 valence electrons. The topological polar surface area (TPSA) is 80.7 Å². The molecule has 0 bridgehead atoms. The summed E-state index contributed by atoms with van der Waals surface area (Å²) < 4.78 is 16.3. The van der Waals surface area contributed by atoms with Crippen LogP contribution in [0.5, 0.6) is 11.5 Å². The Balaban J connectivity index is 1.52. The van der Waals surface area contributed by atoms with Crippen molar-refractivity contribution in [3.05, 3.63) is 59.7 Å². The molecule has 8 heteroatoms. The van der Waals surface area contributed by atoms with Gasteiger partial charge in [0.1, 0.15) is 11.5 Å². The number of carbonyl (C=O) groups excluding carboxylic acids is 2. The molecule has 2 aromatic carbocycles. The molecule has 0 N–H and O–H groups in total. The molecule has 1 atom stereocenters. The number of para-hydroxylation sites is 1. The normalized spacial score (nSPS) is 18.6. The molecule has 8 nitrogen and oxygen atoms in total. The number of ether oxygens (including phenoxy) is 3. The van der Waals surface area contributed by atoms with E-state index >= 15 is 0 Å². The number of rotatable bonds is 9. The van der Waals surface area contributed by atoms with Crippen molar-refractivity contribution < 1.29 is 23.8 Å². The van der Waals surface area contributed by atoms with Crippen LogP contribution in [-0.2, 0) is 14.3 Å². The fraction of sp³-hybridized carbons (Fsp3) is 0.464. The van der Waals surface area contributed by atoms with Gasteiger partial charge in [0, 0.05) is 12.0 Å². The zero-order valence-electron chi connectivity index (χ0n) is 21.3. The molecule has 4 rings (SSSR count). The van der Waals surface area contributed by atoms with E-state index in [9.17, 15) is 9.59 Å². The standard InChI is InChI=1S/C28H35N3O5/c1-4-35-22-12-10-20(11-13-22)25-18-24(23-8-6-7-9-26(23)34-3)29-31(25)27(32)19-30-16-14-21(15-17-30)28(33)36-5-2/h6-13,21,25H,4-5,14-19H2,1-3H3/t25-/m1/s1. The Bertz CT molecular complexity index is 1080. The van der Waals surface area contributed by atoms with E-state index in [1.165, 1.54) is 0 Å². The van der Waals surface area contributed by atoms with E-state index in [1.807, 2.05) is 62.4 Å². The van der Waals surface area contributed by atoms with Gasteiger partial charge in [-0.25, -0.2) is 5.01 Å². The van der Waals surface area contributed by atoms with Crippen molar-refractivity contribution in [1.29, 1.82) is 0 Å². The highest BCUT2D eigenvalue weighted by Gasteiger charge is 2.35. The molecule has 1 fully saturated rings. The van der Waals surface area contributed by atoms with E-state index in [4.69, 9.17) is 19.3 Å². The van der Waals surface area contributed by atoms with E-state index in [-0.39, 0.29) is 30.4 Å². The largest absolute Gasteiger partial charge is 0.496 e. The first-order valence-electron chi connectivity index (χ1n) is 12.7. The fourth-order valence-electron chi connectivity index (χ4n) is 4.85. The minimum atomic E-state index is -0.217. The van der Waals surface area contributed by atoms with Crippen LogP contribution < -0.4 is 9.47 Å². The van der Waals surface area contributed by atoms with Crippen LogP contribution in [0.1, 0.15) is 50.3 Å². The zero-order valence-corrected chi connectivity index (χ0v) is 21.3. The quantitative estimate of drug-likeness (QED) is 0.491. The Hall–Kier alpha value is -3.39. The van der Waals surface area contributed by atoms with E-state index in [0.29, 0.717) is 45.6 Å². The Morgan fingerprint density at radius 3 is 2.39 bits per heavy atom. The maximum atomic E-state index is 13.5. The Morgan fingerprint density at radius 1 is 1.00 bits per heavy atom. The van der Waals surface area contributed by atoms with Crippen molar-refractivity contribution in [3.8, 4) is 11.5 Å².